The van der Waals surface area contributed by atoms with Gasteiger partial charge in [-0.1, -0.05) is 30.4 Å². The van der Waals surface area contributed by atoms with Crippen LogP contribution < -0.4 is 0 Å². The van der Waals surface area contributed by atoms with Gasteiger partial charge in [0.2, 0.25) is 0 Å². The molecule has 0 saturated carbocycles. The van der Waals surface area contributed by atoms with Crippen LogP contribution in [0.1, 0.15) is 22.3 Å². The van der Waals surface area contributed by atoms with E-state index in [9.17, 15) is 10.2 Å². The molecule has 2 rings (SSSR count). The highest BCUT2D eigenvalue weighted by atomic mass is 16.3. The molecule has 2 aromatic carbocycles. The first kappa shape index (κ1) is 12.2. The van der Waals surface area contributed by atoms with Crippen molar-refractivity contribution in [3.05, 3.63) is 58.7 Å². The highest BCUT2D eigenvalue weighted by molar-refractivity contribution is 5.74. The number of aryl methyl sites for hydroxylation is 1. The summed E-state index contributed by atoms with van der Waals surface area (Å²) in [6.07, 6.45) is 3.74. The van der Waals surface area contributed by atoms with Crippen molar-refractivity contribution in [3.8, 4) is 11.5 Å². The van der Waals surface area contributed by atoms with Crippen molar-refractivity contribution in [3.63, 3.8) is 0 Å². The minimum Gasteiger partial charge on any atom is -0.508 e. The second kappa shape index (κ2) is 4.96. The molecule has 0 aliphatic rings. The Bertz CT molecular complexity index is 594. The molecule has 0 aliphatic heterocycles. The minimum absolute atomic E-state index is 0.147. The summed E-state index contributed by atoms with van der Waals surface area (Å²) in [7, 11) is 0. The van der Waals surface area contributed by atoms with E-state index in [1.807, 2.05) is 18.2 Å². The smallest absolute Gasteiger partial charge is 0.123 e. The van der Waals surface area contributed by atoms with Crippen LogP contribution in [0, 0.1) is 13.8 Å². The third-order valence-corrected chi connectivity index (χ3v) is 3.10. The monoisotopic (exact) mass is 240 g/mol. The quantitative estimate of drug-likeness (QED) is 0.617. The molecule has 2 aromatic rings. The van der Waals surface area contributed by atoms with Crippen molar-refractivity contribution in [1.82, 2.24) is 0 Å². The van der Waals surface area contributed by atoms with Gasteiger partial charge in [-0.15, -0.1) is 0 Å². The molecule has 18 heavy (non-hydrogen) atoms. The molecular formula is C16H16O2. The Balaban J connectivity index is 2.36. The molecule has 0 unspecified atom stereocenters. The highest BCUT2D eigenvalue weighted by Crippen LogP contribution is 2.24. The Morgan fingerprint density at radius 3 is 2.39 bits per heavy atom. The number of phenols is 2. The van der Waals surface area contributed by atoms with E-state index in [0.717, 1.165) is 5.56 Å². The second-order valence-electron chi connectivity index (χ2n) is 4.37. The van der Waals surface area contributed by atoms with Crippen molar-refractivity contribution in [2.45, 2.75) is 13.8 Å². The Kier molecular flexibility index (Phi) is 3.38. The van der Waals surface area contributed by atoms with Crippen LogP contribution in [0.4, 0.5) is 0 Å². The van der Waals surface area contributed by atoms with E-state index in [1.54, 1.807) is 6.08 Å². The van der Waals surface area contributed by atoms with Crippen LogP contribution in [0.15, 0.2) is 36.4 Å². The molecule has 0 bridgehead atoms. The topological polar surface area (TPSA) is 40.5 Å². The van der Waals surface area contributed by atoms with Gasteiger partial charge >= 0.3 is 0 Å². The van der Waals surface area contributed by atoms with Gasteiger partial charge in [0.1, 0.15) is 11.5 Å². The van der Waals surface area contributed by atoms with Crippen molar-refractivity contribution in [1.29, 1.82) is 0 Å². The van der Waals surface area contributed by atoms with Gasteiger partial charge in [-0.25, -0.2) is 0 Å². The molecular weight excluding hydrogens is 224 g/mol. The molecule has 0 saturated heterocycles. The van der Waals surface area contributed by atoms with Crippen LogP contribution in [0.5, 0.6) is 11.5 Å². The number of hydrogen-bond donors (Lipinski definition) is 2. The lowest BCUT2D eigenvalue weighted by Gasteiger charge is -2.04. The molecule has 92 valence electrons. The molecule has 2 N–H and O–H groups in total. The lowest BCUT2D eigenvalue weighted by molar-refractivity contribution is 0.459. The predicted molar refractivity (Wildman–Crippen MR) is 74.6 cm³/mol. The number of phenolic OH excluding ortho intramolecular Hbond substituents is 2. The molecule has 2 heteroatoms. The van der Waals surface area contributed by atoms with Crippen LogP contribution in [-0.4, -0.2) is 10.2 Å². The second-order valence-corrected chi connectivity index (χ2v) is 4.37. The van der Waals surface area contributed by atoms with E-state index >= 15 is 0 Å². The Morgan fingerprint density at radius 1 is 0.889 bits per heavy atom. The number of aromatic hydroxyl groups is 2. The van der Waals surface area contributed by atoms with Gasteiger partial charge in [-0.3, -0.25) is 0 Å². The minimum atomic E-state index is 0.147. The number of benzene rings is 2. The molecule has 0 heterocycles. The van der Waals surface area contributed by atoms with Crippen LogP contribution in [0.3, 0.4) is 0 Å². The van der Waals surface area contributed by atoms with E-state index in [-0.39, 0.29) is 11.5 Å². The van der Waals surface area contributed by atoms with Crippen molar-refractivity contribution in [2.75, 3.05) is 0 Å². The lowest BCUT2D eigenvalue weighted by Crippen LogP contribution is -1.84. The maximum atomic E-state index is 9.67. The maximum absolute atomic E-state index is 9.67. The van der Waals surface area contributed by atoms with E-state index in [4.69, 9.17) is 0 Å². The summed E-state index contributed by atoms with van der Waals surface area (Å²) in [5.41, 5.74) is 4.17. The number of hydrogen-bond acceptors (Lipinski definition) is 2. The molecule has 0 aliphatic carbocycles. The first-order valence-corrected chi connectivity index (χ1v) is 5.84. The van der Waals surface area contributed by atoms with Gasteiger partial charge < -0.3 is 10.2 Å². The molecule has 0 atom stereocenters. The van der Waals surface area contributed by atoms with Crippen LogP contribution in [-0.2, 0) is 0 Å². The zero-order valence-corrected chi connectivity index (χ0v) is 10.5. The Hall–Kier alpha value is -2.22. The summed E-state index contributed by atoms with van der Waals surface area (Å²) < 4.78 is 0. The van der Waals surface area contributed by atoms with Crippen molar-refractivity contribution in [2.24, 2.45) is 0 Å². The summed E-state index contributed by atoms with van der Waals surface area (Å²) in [4.78, 5) is 0. The summed E-state index contributed by atoms with van der Waals surface area (Å²) in [6.45, 7) is 4.13. The van der Waals surface area contributed by atoms with Crippen molar-refractivity contribution < 1.29 is 10.2 Å². The average Bonchev–Trinajstić information content (AvgIpc) is 2.35. The first-order chi connectivity index (χ1) is 8.58. The van der Waals surface area contributed by atoms with Crippen LogP contribution in [0.2, 0.25) is 0 Å². The zero-order chi connectivity index (χ0) is 13.1. The van der Waals surface area contributed by atoms with Crippen LogP contribution in [0.25, 0.3) is 12.2 Å². The first-order valence-electron chi connectivity index (χ1n) is 5.84. The van der Waals surface area contributed by atoms with Crippen LogP contribution >= 0.6 is 0 Å². The Labute approximate surface area is 107 Å². The summed E-state index contributed by atoms with van der Waals surface area (Å²) in [6, 6.07) is 10.6. The fraction of sp³-hybridized carbons (Fsp3) is 0.125. The van der Waals surface area contributed by atoms with Gasteiger partial charge in [-0.05, 0) is 48.7 Å². The fourth-order valence-electron chi connectivity index (χ4n) is 1.81. The zero-order valence-electron chi connectivity index (χ0n) is 10.5. The van der Waals surface area contributed by atoms with Gasteiger partial charge in [0.05, 0.1) is 0 Å². The standard InChI is InChI=1S/C16H16O2/c1-11-4-3-5-13(12(11)2)6-7-14-10-15(17)8-9-16(14)18/h3-10,17-18H,1-2H3/b7-6+. The van der Waals surface area contributed by atoms with Gasteiger partial charge in [0.25, 0.3) is 0 Å². The SMILES string of the molecule is Cc1cccc(/C=C/c2cc(O)ccc2O)c1C. The van der Waals surface area contributed by atoms with Gasteiger partial charge in [0.15, 0.2) is 0 Å². The summed E-state index contributed by atoms with van der Waals surface area (Å²) in [5.74, 6) is 0.308. The lowest BCUT2D eigenvalue weighted by atomic mass is 10.0. The normalized spacial score (nSPS) is 11.0. The third-order valence-electron chi connectivity index (χ3n) is 3.10. The van der Waals surface area contributed by atoms with E-state index in [1.165, 1.54) is 29.3 Å². The van der Waals surface area contributed by atoms with E-state index in [2.05, 4.69) is 19.9 Å². The average molecular weight is 240 g/mol. The summed E-state index contributed by atoms with van der Waals surface area (Å²) in [5, 5.41) is 19.1. The maximum Gasteiger partial charge on any atom is 0.123 e. The molecule has 0 aromatic heterocycles. The molecule has 0 radical (unpaired) electrons. The van der Waals surface area contributed by atoms with E-state index < -0.39 is 0 Å². The molecule has 2 nitrogen and oxygen atoms in total. The largest absolute Gasteiger partial charge is 0.508 e. The number of rotatable bonds is 2. The Morgan fingerprint density at radius 2 is 1.61 bits per heavy atom. The summed E-state index contributed by atoms with van der Waals surface area (Å²) >= 11 is 0. The highest BCUT2D eigenvalue weighted by Gasteiger charge is 2.00. The van der Waals surface area contributed by atoms with Gasteiger partial charge in [0, 0.05) is 5.56 Å². The molecule has 0 fully saturated rings. The predicted octanol–water partition coefficient (Wildman–Crippen LogP) is 3.89. The molecule has 0 spiro atoms. The fourth-order valence-corrected chi connectivity index (χ4v) is 1.81. The third kappa shape index (κ3) is 2.54. The van der Waals surface area contributed by atoms with Crippen molar-refractivity contribution >= 4 is 12.2 Å². The van der Waals surface area contributed by atoms with E-state index in [0.29, 0.717) is 5.56 Å². The molecule has 0 amide bonds. The van der Waals surface area contributed by atoms with Gasteiger partial charge in [-0.2, -0.15) is 0 Å².